The van der Waals surface area contributed by atoms with Gasteiger partial charge in [0.25, 0.3) is 0 Å². The highest BCUT2D eigenvalue weighted by Crippen LogP contribution is 2.25. The zero-order chi connectivity index (χ0) is 10.8. The van der Waals surface area contributed by atoms with E-state index in [1.165, 1.54) is 11.8 Å². The number of aromatic hydroxyl groups is 1. The van der Waals surface area contributed by atoms with Crippen LogP contribution in [-0.2, 0) is 0 Å². The molecule has 0 aliphatic carbocycles. The highest BCUT2D eigenvalue weighted by molar-refractivity contribution is 5.51. The number of hydrogen-bond acceptors (Lipinski definition) is 4. The summed E-state index contributed by atoms with van der Waals surface area (Å²) in [6, 6.07) is 8.41. The number of nitrogen functional groups attached to an aromatic ring is 1. The topological polar surface area (TPSA) is 73.3 Å². The molecule has 1 heterocycles. The van der Waals surface area contributed by atoms with Crippen molar-refractivity contribution >= 4 is 5.82 Å². The van der Waals surface area contributed by atoms with Gasteiger partial charge in [-0.3, -0.25) is 0 Å². The number of phenolic OH excluding ortho intramolecular Hbond substituents is 1. The first kappa shape index (κ1) is 9.39. The first-order chi connectivity index (χ1) is 7.22. The van der Waals surface area contributed by atoms with Crippen molar-refractivity contribution in [2.75, 3.05) is 12.8 Å². The quantitative estimate of drug-likeness (QED) is 0.771. The second kappa shape index (κ2) is 3.53. The molecule has 0 radical (unpaired) electrons. The molecular formula is C10H11N3O2. The lowest BCUT2D eigenvalue weighted by molar-refractivity contribution is 0.393. The highest BCUT2D eigenvalue weighted by Gasteiger charge is 2.09. The van der Waals surface area contributed by atoms with Crippen LogP contribution in [-0.4, -0.2) is 22.0 Å². The van der Waals surface area contributed by atoms with Gasteiger partial charge >= 0.3 is 0 Å². The van der Waals surface area contributed by atoms with Gasteiger partial charge in [0, 0.05) is 6.07 Å². The molecule has 0 saturated heterocycles. The van der Waals surface area contributed by atoms with Crippen molar-refractivity contribution in [1.82, 2.24) is 9.78 Å². The number of benzene rings is 1. The van der Waals surface area contributed by atoms with E-state index in [-0.39, 0.29) is 5.75 Å². The number of nitrogens with zero attached hydrogens (tertiary/aromatic N) is 2. The van der Waals surface area contributed by atoms with Crippen molar-refractivity contribution in [3.05, 3.63) is 30.3 Å². The van der Waals surface area contributed by atoms with Crippen LogP contribution in [0, 0.1) is 0 Å². The third-order valence-corrected chi connectivity index (χ3v) is 2.03. The van der Waals surface area contributed by atoms with E-state index in [0.717, 1.165) is 0 Å². The zero-order valence-electron chi connectivity index (χ0n) is 8.21. The highest BCUT2D eigenvalue weighted by atomic mass is 16.5. The summed E-state index contributed by atoms with van der Waals surface area (Å²) in [5.74, 6) is 0.944. The van der Waals surface area contributed by atoms with Crippen LogP contribution >= 0.6 is 0 Å². The van der Waals surface area contributed by atoms with Gasteiger partial charge in [0.05, 0.1) is 7.11 Å². The third-order valence-electron chi connectivity index (χ3n) is 2.03. The molecule has 1 aromatic heterocycles. The lowest BCUT2D eigenvalue weighted by Gasteiger charge is -2.05. The molecule has 0 aliphatic rings. The van der Waals surface area contributed by atoms with Gasteiger partial charge in [0.1, 0.15) is 17.3 Å². The molecule has 0 aliphatic heterocycles. The number of phenols is 1. The molecule has 0 bridgehead atoms. The second-order valence-corrected chi connectivity index (χ2v) is 3.01. The van der Waals surface area contributed by atoms with Crippen LogP contribution < -0.4 is 10.5 Å². The molecule has 5 heteroatoms. The van der Waals surface area contributed by atoms with Crippen molar-refractivity contribution in [2.24, 2.45) is 0 Å². The SMILES string of the molecule is COc1cc(N)n(-c2ccccc2O)n1. The second-order valence-electron chi connectivity index (χ2n) is 3.01. The van der Waals surface area contributed by atoms with Crippen LogP contribution in [0.4, 0.5) is 5.82 Å². The van der Waals surface area contributed by atoms with Gasteiger partial charge in [-0.25, -0.2) is 4.68 Å². The number of rotatable bonds is 2. The van der Waals surface area contributed by atoms with Crippen LogP contribution in [0.3, 0.4) is 0 Å². The van der Waals surface area contributed by atoms with Crippen LogP contribution in [0.2, 0.25) is 0 Å². The van der Waals surface area contributed by atoms with Crippen molar-refractivity contribution in [3.8, 4) is 17.3 Å². The molecule has 15 heavy (non-hydrogen) atoms. The Morgan fingerprint density at radius 3 is 2.73 bits per heavy atom. The Bertz CT molecular complexity index is 479. The molecule has 0 atom stereocenters. The molecule has 78 valence electrons. The number of aromatic nitrogens is 2. The fourth-order valence-corrected chi connectivity index (χ4v) is 1.31. The van der Waals surface area contributed by atoms with Gasteiger partial charge in [0.15, 0.2) is 0 Å². The smallest absolute Gasteiger partial charge is 0.235 e. The molecule has 1 aromatic carbocycles. The fourth-order valence-electron chi connectivity index (χ4n) is 1.31. The van der Waals surface area contributed by atoms with Crippen molar-refractivity contribution in [3.63, 3.8) is 0 Å². The summed E-state index contributed by atoms with van der Waals surface area (Å²) in [6.07, 6.45) is 0. The lowest BCUT2D eigenvalue weighted by atomic mass is 10.3. The Labute approximate surface area is 86.7 Å². The molecular weight excluding hydrogens is 194 g/mol. The maximum absolute atomic E-state index is 9.61. The van der Waals surface area contributed by atoms with E-state index in [2.05, 4.69) is 5.10 Å². The summed E-state index contributed by atoms with van der Waals surface area (Å²) < 4.78 is 6.37. The van der Waals surface area contributed by atoms with E-state index in [1.54, 1.807) is 30.3 Å². The molecule has 0 unspecified atom stereocenters. The first-order valence-corrected chi connectivity index (χ1v) is 4.40. The average molecular weight is 205 g/mol. The van der Waals surface area contributed by atoms with Gasteiger partial charge in [0.2, 0.25) is 5.88 Å². The number of methoxy groups -OCH3 is 1. The maximum Gasteiger partial charge on any atom is 0.235 e. The summed E-state index contributed by atoms with van der Waals surface area (Å²) in [5.41, 5.74) is 6.25. The van der Waals surface area contributed by atoms with Crippen LogP contribution in [0.1, 0.15) is 0 Å². The van der Waals surface area contributed by atoms with Crippen LogP contribution in [0.5, 0.6) is 11.6 Å². The number of hydrogen-bond donors (Lipinski definition) is 2. The first-order valence-electron chi connectivity index (χ1n) is 4.40. The summed E-state index contributed by atoms with van der Waals surface area (Å²) >= 11 is 0. The minimum Gasteiger partial charge on any atom is -0.506 e. The molecule has 3 N–H and O–H groups in total. The molecule has 0 spiro atoms. The maximum atomic E-state index is 9.61. The molecule has 0 saturated carbocycles. The fraction of sp³-hybridized carbons (Fsp3) is 0.100. The van der Waals surface area contributed by atoms with Crippen LogP contribution in [0.25, 0.3) is 5.69 Å². The summed E-state index contributed by atoms with van der Waals surface area (Å²) in [5, 5.41) is 13.7. The number of para-hydroxylation sites is 2. The van der Waals surface area contributed by atoms with Crippen molar-refractivity contribution < 1.29 is 9.84 Å². The van der Waals surface area contributed by atoms with Gasteiger partial charge < -0.3 is 15.6 Å². The Hall–Kier alpha value is -2.17. The molecule has 0 fully saturated rings. The minimum absolute atomic E-state index is 0.120. The summed E-state index contributed by atoms with van der Waals surface area (Å²) in [6.45, 7) is 0. The van der Waals surface area contributed by atoms with Gasteiger partial charge in [-0.2, -0.15) is 0 Å². The normalized spacial score (nSPS) is 10.2. The summed E-state index contributed by atoms with van der Waals surface area (Å²) in [4.78, 5) is 0. The molecule has 2 rings (SSSR count). The van der Waals surface area contributed by atoms with Gasteiger partial charge in [-0.05, 0) is 12.1 Å². The Kier molecular flexibility index (Phi) is 2.21. The van der Waals surface area contributed by atoms with Gasteiger partial charge in [-0.15, -0.1) is 5.10 Å². The average Bonchev–Trinajstić information content (AvgIpc) is 2.60. The zero-order valence-corrected chi connectivity index (χ0v) is 8.21. The molecule has 5 nitrogen and oxygen atoms in total. The van der Waals surface area contributed by atoms with Crippen molar-refractivity contribution in [2.45, 2.75) is 0 Å². The summed E-state index contributed by atoms with van der Waals surface area (Å²) in [7, 11) is 1.51. The number of ether oxygens (including phenoxy) is 1. The predicted octanol–water partition coefficient (Wildman–Crippen LogP) is 1.17. The van der Waals surface area contributed by atoms with E-state index < -0.39 is 0 Å². The van der Waals surface area contributed by atoms with Crippen LogP contribution in [0.15, 0.2) is 30.3 Å². The largest absolute Gasteiger partial charge is 0.506 e. The van der Waals surface area contributed by atoms with E-state index in [9.17, 15) is 5.11 Å². The Morgan fingerprint density at radius 2 is 2.13 bits per heavy atom. The molecule has 0 amide bonds. The lowest BCUT2D eigenvalue weighted by Crippen LogP contribution is -2.01. The van der Waals surface area contributed by atoms with E-state index in [1.807, 2.05) is 0 Å². The van der Waals surface area contributed by atoms with E-state index >= 15 is 0 Å². The Morgan fingerprint density at radius 1 is 1.40 bits per heavy atom. The monoisotopic (exact) mass is 205 g/mol. The number of anilines is 1. The molecule has 2 aromatic rings. The van der Waals surface area contributed by atoms with E-state index in [4.69, 9.17) is 10.5 Å². The Balaban J connectivity index is 2.54. The standard InChI is InChI=1S/C10H11N3O2/c1-15-10-6-9(11)13(12-10)7-4-2-3-5-8(7)14/h2-6,14H,11H2,1H3. The predicted molar refractivity (Wildman–Crippen MR) is 56.2 cm³/mol. The van der Waals surface area contributed by atoms with E-state index in [0.29, 0.717) is 17.4 Å². The van der Waals surface area contributed by atoms with Gasteiger partial charge in [-0.1, -0.05) is 12.1 Å². The number of nitrogens with two attached hydrogens (primary N) is 1. The van der Waals surface area contributed by atoms with Crippen molar-refractivity contribution in [1.29, 1.82) is 0 Å². The minimum atomic E-state index is 0.120. The third kappa shape index (κ3) is 1.59.